The minimum absolute atomic E-state index is 0.00336. The molecule has 1 aliphatic heterocycles. The van der Waals surface area contributed by atoms with Gasteiger partial charge in [-0.1, -0.05) is 48.5 Å². The number of carbonyl (C=O) groups excluding carboxylic acids is 2. The number of hydrogen-bond donors (Lipinski definition) is 1. The van der Waals surface area contributed by atoms with Gasteiger partial charge in [-0.25, -0.2) is 0 Å². The molecule has 1 fully saturated rings. The van der Waals surface area contributed by atoms with Gasteiger partial charge in [-0.15, -0.1) is 0 Å². The molecule has 6 nitrogen and oxygen atoms in total. The number of anilines is 1. The molecule has 0 radical (unpaired) electrons. The van der Waals surface area contributed by atoms with Gasteiger partial charge in [0.1, 0.15) is 11.5 Å². The lowest BCUT2D eigenvalue weighted by Crippen LogP contribution is -2.29. The summed E-state index contributed by atoms with van der Waals surface area (Å²) in [5, 5.41) is 13.1. The van der Waals surface area contributed by atoms with Gasteiger partial charge in [0, 0.05) is 17.8 Å². The van der Waals surface area contributed by atoms with Gasteiger partial charge in [-0.2, -0.15) is 0 Å². The first-order chi connectivity index (χ1) is 16.1. The molecule has 3 aromatic carbocycles. The highest BCUT2D eigenvalue weighted by Crippen LogP contribution is 2.44. The van der Waals surface area contributed by atoms with Gasteiger partial charge in [0.2, 0.25) is 0 Å². The fraction of sp³-hybridized carbons (Fsp3) is 0.0741. The number of hydrogen-bond acceptors (Lipinski definition) is 5. The molecule has 0 bridgehead atoms. The van der Waals surface area contributed by atoms with Gasteiger partial charge in [-0.05, 0) is 41.3 Å². The number of methoxy groups -OCH3 is 1. The lowest BCUT2D eigenvalue weighted by molar-refractivity contribution is -0.132. The van der Waals surface area contributed by atoms with Crippen LogP contribution in [0.3, 0.4) is 0 Å². The third-order valence-electron chi connectivity index (χ3n) is 5.85. The number of pyridine rings is 1. The maximum absolute atomic E-state index is 13.4. The van der Waals surface area contributed by atoms with Crippen molar-refractivity contribution in [1.29, 1.82) is 0 Å². The molecule has 2 heterocycles. The number of aromatic nitrogens is 1. The van der Waals surface area contributed by atoms with E-state index >= 15 is 0 Å². The van der Waals surface area contributed by atoms with Crippen molar-refractivity contribution in [2.24, 2.45) is 0 Å². The van der Waals surface area contributed by atoms with Gasteiger partial charge in [0.15, 0.2) is 0 Å². The van der Waals surface area contributed by atoms with Crippen LogP contribution in [0.1, 0.15) is 17.2 Å². The van der Waals surface area contributed by atoms with E-state index in [9.17, 15) is 14.7 Å². The second kappa shape index (κ2) is 8.24. The summed E-state index contributed by atoms with van der Waals surface area (Å²) in [5.41, 5.74) is 1.60. The van der Waals surface area contributed by atoms with Crippen LogP contribution in [0.2, 0.25) is 0 Å². The van der Waals surface area contributed by atoms with Crippen molar-refractivity contribution < 1.29 is 19.4 Å². The van der Waals surface area contributed by atoms with Crippen molar-refractivity contribution in [1.82, 2.24) is 4.98 Å². The largest absolute Gasteiger partial charge is 0.507 e. The first-order valence-corrected chi connectivity index (χ1v) is 10.4. The molecule has 33 heavy (non-hydrogen) atoms. The summed E-state index contributed by atoms with van der Waals surface area (Å²) in [5.74, 6) is -1.34. The van der Waals surface area contributed by atoms with Crippen LogP contribution >= 0.6 is 0 Å². The van der Waals surface area contributed by atoms with Crippen LogP contribution in [0.25, 0.3) is 16.5 Å². The van der Waals surface area contributed by atoms with Crippen molar-refractivity contribution in [3.05, 3.63) is 108 Å². The Labute approximate surface area is 190 Å². The highest BCUT2D eigenvalue weighted by atomic mass is 16.5. The number of aliphatic hydroxyl groups excluding tert-OH is 1. The van der Waals surface area contributed by atoms with E-state index < -0.39 is 17.7 Å². The van der Waals surface area contributed by atoms with E-state index in [4.69, 9.17) is 4.74 Å². The maximum atomic E-state index is 13.4. The Morgan fingerprint density at radius 1 is 0.909 bits per heavy atom. The second-order valence-corrected chi connectivity index (χ2v) is 7.65. The number of amides is 1. The minimum Gasteiger partial charge on any atom is -0.507 e. The molecule has 1 amide bonds. The molecule has 1 aromatic heterocycles. The summed E-state index contributed by atoms with van der Waals surface area (Å²) in [4.78, 5) is 32.3. The van der Waals surface area contributed by atoms with Gasteiger partial charge < -0.3 is 9.84 Å². The number of nitrogens with zero attached hydrogens (tertiary/aromatic N) is 2. The third-order valence-corrected chi connectivity index (χ3v) is 5.85. The fourth-order valence-electron chi connectivity index (χ4n) is 4.35. The van der Waals surface area contributed by atoms with Crippen LogP contribution in [0.15, 0.2) is 96.8 Å². The predicted octanol–water partition coefficient (Wildman–Crippen LogP) is 4.87. The molecule has 162 valence electrons. The minimum atomic E-state index is -0.830. The molecule has 1 unspecified atom stereocenters. The Kier molecular flexibility index (Phi) is 5.11. The monoisotopic (exact) mass is 436 g/mol. The van der Waals surface area contributed by atoms with Crippen LogP contribution in [0.5, 0.6) is 5.75 Å². The van der Waals surface area contributed by atoms with E-state index in [1.807, 2.05) is 42.5 Å². The molecule has 5 rings (SSSR count). The zero-order valence-corrected chi connectivity index (χ0v) is 17.8. The number of ketones is 1. The van der Waals surface area contributed by atoms with E-state index in [1.54, 1.807) is 48.8 Å². The molecule has 0 aliphatic carbocycles. The number of benzene rings is 3. The van der Waals surface area contributed by atoms with Crippen molar-refractivity contribution in [2.45, 2.75) is 6.04 Å². The lowest BCUT2D eigenvalue weighted by Gasteiger charge is -2.26. The molecule has 0 spiro atoms. The second-order valence-electron chi connectivity index (χ2n) is 7.65. The van der Waals surface area contributed by atoms with Gasteiger partial charge in [-0.3, -0.25) is 19.5 Å². The lowest BCUT2D eigenvalue weighted by atomic mass is 9.95. The summed E-state index contributed by atoms with van der Waals surface area (Å²) < 4.78 is 5.38. The van der Waals surface area contributed by atoms with Gasteiger partial charge >= 0.3 is 0 Å². The summed E-state index contributed by atoms with van der Waals surface area (Å²) in [6.45, 7) is 0. The van der Waals surface area contributed by atoms with Crippen LogP contribution in [-0.4, -0.2) is 28.9 Å². The first-order valence-electron chi connectivity index (χ1n) is 10.4. The van der Waals surface area contributed by atoms with E-state index in [0.717, 1.165) is 10.8 Å². The summed E-state index contributed by atoms with van der Waals surface area (Å²) in [6.07, 6.45) is 3.20. The summed E-state index contributed by atoms with van der Waals surface area (Å²) in [7, 11) is 1.49. The number of fused-ring (bicyclic) bond motifs is 1. The molecule has 1 aliphatic rings. The van der Waals surface area contributed by atoms with Crippen molar-refractivity contribution >= 4 is 33.9 Å². The fourth-order valence-corrected chi connectivity index (χ4v) is 4.35. The topological polar surface area (TPSA) is 79.7 Å². The molecular formula is C27H20N2O4. The van der Waals surface area contributed by atoms with Crippen LogP contribution in [0.4, 0.5) is 5.69 Å². The highest BCUT2D eigenvalue weighted by molar-refractivity contribution is 6.52. The SMILES string of the molecule is COc1ccccc1/C(O)=C1\C(=O)C(=O)N(c2cccc3ccccc23)C1c1ccncc1. The quantitative estimate of drug-likeness (QED) is 0.281. The Bertz CT molecular complexity index is 1410. The average Bonchev–Trinajstić information content (AvgIpc) is 3.14. The third kappa shape index (κ3) is 3.32. The standard InChI is InChI=1S/C27H20N2O4/c1-33-22-12-5-4-10-20(22)25(30)23-24(18-13-15-28-16-14-18)29(27(32)26(23)31)21-11-6-8-17-7-2-3-9-19(17)21/h2-16,24,30H,1H3/b25-23+. The molecular weight excluding hydrogens is 416 g/mol. The molecule has 1 saturated heterocycles. The Morgan fingerprint density at radius 2 is 1.61 bits per heavy atom. The molecule has 1 N–H and O–H groups in total. The first kappa shape index (κ1) is 20.5. The Balaban J connectivity index is 1.79. The van der Waals surface area contributed by atoms with Crippen LogP contribution < -0.4 is 9.64 Å². The van der Waals surface area contributed by atoms with Crippen molar-refractivity contribution in [3.8, 4) is 5.75 Å². The normalized spacial score (nSPS) is 17.5. The number of aliphatic hydroxyl groups is 1. The van der Waals surface area contributed by atoms with E-state index in [2.05, 4.69) is 4.98 Å². The van der Waals surface area contributed by atoms with Crippen molar-refractivity contribution in [3.63, 3.8) is 0 Å². The van der Waals surface area contributed by atoms with Gasteiger partial charge in [0.25, 0.3) is 11.7 Å². The number of para-hydroxylation sites is 1. The van der Waals surface area contributed by atoms with Crippen molar-refractivity contribution in [2.75, 3.05) is 12.0 Å². The highest BCUT2D eigenvalue weighted by Gasteiger charge is 2.47. The average molecular weight is 436 g/mol. The number of carbonyl (C=O) groups is 2. The molecule has 4 aromatic rings. The van der Waals surface area contributed by atoms with Gasteiger partial charge in [0.05, 0.1) is 30.0 Å². The predicted molar refractivity (Wildman–Crippen MR) is 126 cm³/mol. The molecule has 0 saturated carbocycles. The zero-order chi connectivity index (χ0) is 22.9. The van der Waals surface area contributed by atoms with E-state index in [0.29, 0.717) is 22.6 Å². The van der Waals surface area contributed by atoms with E-state index in [1.165, 1.54) is 12.0 Å². The maximum Gasteiger partial charge on any atom is 0.300 e. The summed E-state index contributed by atoms with van der Waals surface area (Å²) in [6, 6.07) is 22.8. The summed E-state index contributed by atoms with van der Waals surface area (Å²) >= 11 is 0. The number of ether oxygens (including phenoxy) is 1. The molecule has 1 atom stereocenters. The number of Topliss-reactive ketones (excluding diaryl/α,β-unsaturated/α-hetero) is 1. The molecule has 6 heteroatoms. The van der Waals surface area contributed by atoms with Crippen LogP contribution in [-0.2, 0) is 9.59 Å². The van der Waals surface area contributed by atoms with Crippen LogP contribution in [0, 0.1) is 0 Å². The van der Waals surface area contributed by atoms with E-state index in [-0.39, 0.29) is 11.3 Å². The Hall–Kier alpha value is -4.45. The Morgan fingerprint density at radius 3 is 2.39 bits per heavy atom. The number of rotatable bonds is 4. The smallest absolute Gasteiger partial charge is 0.300 e. The zero-order valence-electron chi connectivity index (χ0n) is 17.8.